The van der Waals surface area contributed by atoms with Crippen molar-refractivity contribution in [2.24, 2.45) is 5.41 Å². The summed E-state index contributed by atoms with van der Waals surface area (Å²) in [5, 5.41) is 8.82. The summed E-state index contributed by atoms with van der Waals surface area (Å²) in [5.74, 6) is -0.575. The average molecular weight is 1030 g/mol. The minimum atomic E-state index is -5.08. The van der Waals surface area contributed by atoms with Crippen LogP contribution in [0.5, 0.6) is 0 Å². The zero-order valence-corrected chi connectivity index (χ0v) is 43.1. The fourth-order valence-corrected chi connectivity index (χ4v) is 17.8. The molecule has 2 amide bonds. The maximum absolute atomic E-state index is 15.1. The van der Waals surface area contributed by atoms with E-state index in [1.807, 2.05) is 91.9 Å². The van der Waals surface area contributed by atoms with Gasteiger partial charge in [0.05, 0.1) is 53.5 Å². The molecule has 67 heavy (non-hydrogen) atoms. The lowest BCUT2D eigenvalue weighted by Gasteiger charge is -2.46. The van der Waals surface area contributed by atoms with E-state index in [1.165, 1.54) is 0 Å². The van der Waals surface area contributed by atoms with E-state index in [0.717, 1.165) is 22.5 Å². The number of halogens is 7. The molecule has 0 spiro atoms. The first kappa shape index (κ1) is 55.1. The molecule has 0 aromatic heterocycles. The highest BCUT2D eigenvalue weighted by molar-refractivity contribution is 7.88. The molecule has 5 aromatic carbocycles. The fourth-order valence-electron chi connectivity index (χ4n) is 8.52. The largest absolute Gasteiger partial charge is 1.00 e. The maximum atomic E-state index is 15.1. The van der Waals surface area contributed by atoms with Crippen LogP contribution in [0.15, 0.2) is 140 Å². The monoisotopic (exact) mass is 1030 g/mol. The number of benzene rings is 5. The lowest BCUT2D eigenvalue weighted by atomic mass is 9.86. The van der Waals surface area contributed by atoms with Crippen LogP contribution in [0.1, 0.15) is 85.9 Å². The van der Waals surface area contributed by atoms with E-state index in [0.29, 0.717) is 10.6 Å². The summed E-state index contributed by atoms with van der Waals surface area (Å²) in [6.45, 7) is 18.7. The summed E-state index contributed by atoms with van der Waals surface area (Å²) >= 11 is 0. The van der Waals surface area contributed by atoms with Crippen molar-refractivity contribution in [3.8, 4) is 0 Å². The van der Waals surface area contributed by atoms with Gasteiger partial charge in [-0.2, -0.15) is 26.3 Å². The molecule has 3 atom stereocenters. The van der Waals surface area contributed by atoms with E-state index in [2.05, 4.69) is 31.4 Å². The van der Waals surface area contributed by atoms with Crippen LogP contribution in [0, 0.1) is 5.41 Å². The molecule has 0 heterocycles. The van der Waals surface area contributed by atoms with Gasteiger partial charge >= 0.3 is 18.4 Å². The minimum absolute atomic E-state index is 0. The number of alkyl halides is 6. The topological polar surface area (TPSA) is 76.7 Å². The van der Waals surface area contributed by atoms with Crippen molar-refractivity contribution >= 4 is 48.6 Å². The van der Waals surface area contributed by atoms with Gasteiger partial charge in [-0.3, -0.25) is 4.79 Å². The van der Waals surface area contributed by atoms with Gasteiger partial charge < -0.3 is 36.8 Å². The Labute approximate surface area is 403 Å². The Morgan fingerprint density at radius 2 is 1.01 bits per heavy atom. The molecular formula is C52H62BrF6N2O4PSi. The SMILES string of the molecule is C[C@@H](O[Si](c1ccccc1)(c1ccccc1)C(C)(C)C)[C@@H](C[P+](Cc1cc(C(F)(F)F)cc(C(F)(F)F)c1)(c1ccccc1)c1ccccc1)NC(=O)[C@@H](NC(=O)OC(C)(C)C)C(C)(C)C.[Br-]. The maximum Gasteiger partial charge on any atom is 0.416 e. The van der Waals surface area contributed by atoms with E-state index < -0.39 is 85.3 Å². The van der Waals surface area contributed by atoms with Gasteiger partial charge in [-0.15, -0.1) is 0 Å². The second kappa shape index (κ2) is 21.4. The summed E-state index contributed by atoms with van der Waals surface area (Å²) in [6.07, 6.45) is -12.0. The molecule has 0 saturated heterocycles. The summed E-state index contributed by atoms with van der Waals surface area (Å²) in [5.41, 5.74) is -4.75. The van der Waals surface area contributed by atoms with Crippen LogP contribution in [0.4, 0.5) is 31.1 Å². The zero-order chi connectivity index (χ0) is 48.9. The molecule has 0 saturated carbocycles. The van der Waals surface area contributed by atoms with E-state index >= 15 is 4.79 Å². The minimum Gasteiger partial charge on any atom is -1.00 e. The van der Waals surface area contributed by atoms with Crippen molar-refractivity contribution in [1.82, 2.24) is 10.6 Å². The molecule has 6 nitrogen and oxygen atoms in total. The third kappa shape index (κ3) is 13.6. The van der Waals surface area contributed by atoms with Crippen LogP contribution in [0.25, 0.3) is 0 Å². The van der Waals surface area contributed by atoms with Gasteiger partial charge in [0.2, 0.25) is 5.91 Å². The predicted molar refractivity (Wildman–Crippen MR) is 257 cm³/mol. The second-order valence-electron chi connectivity index (χ2n) is 19.9. The normalized spacial score (nSPS) is 14.3. The number of hydrogen-bond donors (Lipinski definition) is 2. The third-order valence-corrected chi connectivity index (χ3v) is 21.2. The van der Waals surface area contributed by atoms with Crippen molar-refractivity contribution < 1.29 is 62.1 Å². The highest BCUT2D eigenvalue weighted by Gasteiger charge is 2.54. The van der Waals surface area contributed by atoms with Crippen LogP contribution in [-0.4, -0.2) is 50.3 Å². The molecule has 0 radical (unpaired) electrons. The van der Waals surface area contributed by atoms with Gasteiger partial charge in [-0.25, -0.2) is 4.79 Å². The van der Waals surface area contributed by atoms with Gasteiger partial charge in [0.15, 0.2) is 0 Å². The molecule has 362 valence electrons. The summed E-state index contributed by atoms with van der Waals surface area (Å²) < 4.78 is 100. The lowest BCUT2D eigenvalue weighted by molar-refractivity contribution is -0.143. The molecule has 0 aliphatic carbocycles. The smallest absolute Gasteiger partial charge is 0.416 e. The highest BCUT2D eigenvalue weighted by Crippen LogP contribution is 2.60. The number of carbonyl (C=O) groups is 2. The Kier molecular flexibility index (Phi) is 17.6. The predicted octanol–water partition coefficient (Wildman–Crippen LogP) is 8.29. The van der Waals surface area contributed by atoms with Gasteiger partial charge in [-0.05, 0) is 96.5 Å². The average Bonchev–Trinajstić information content (AvgIpc) is 3.23. The summed E-state index contributed by atoms with van der Waals surface area (Å²) in [4.78, 5) is 28.4. The molecule has 0 aliphatic rings. The Morgan fingerprint density at radius 3 is 1.37 bits per heavy atom. The third-order valence-electron chi connectivity index (χ3n) is 11.6. The Hall–Kier alpha value is -4.49. The highest BCUT2D eigenvalue weighted by atomic mass is 79.9. The van der Waals surface area contributed by atoms with Crippen molar-refractivity contribution in [2.75, 3.05) is 6.16 Å². The number of amides is 2. The van der Waals surface area contributed by atoms with Crippen LogP contribution >= 0.6 is 7.26 Å². The standard InChI is InChI=1S/C52H61F6N2O4PSi.BrH/c1-36(64-66(50(8,9)10,42-27-19-13-20-28-42)43-29-21-14-22-30-43)44(59-46(61)45(48(2,3)4)60-47(62)63-49(5,6)7)35-65(40-23-15-11-16-24-40,41-25-17-12-18-26-41)34-37-31-38(51(53,54)55)33-39(32-37)52(56,57)58;/h11-33,36,44-45H,34-35H2,1-10H3,(H-,59,60,61,62);1H/t36-,44-,45-;/m1./s1. The van der Waals surface area contributed by atoms with Crippen molar-refractivity contribution in [1.29, 1.82) is 0 Å². The van der Waals surface area contributed by atoms with Gasteiger partial charge in [-0.1, -0.05) is 139 Å². The zero-order valence-electron chi connectivity index (χ0n) is 39.7. The number of rotatable bonds is 14. The number of nitrogens with one attached hydrogen (secondary N) is 2. The summed E-state index contributed by atoms with van der Waals surface area (Å²) in [7, 11) is -6.62. The Morgan fingerprint density at radius 1 is 0.612 bits per heavy atom. The molecule has 15 heteroatoms. The molecule has 5 aromatic rings. The lowest BCUT2D eigenvalue weighted by Crippen LogP contribution is -3.00. The molecule has 2 N–H and O–H groups in total. The molecular weight excluding hydrogens is 970 g/mol. The van der Waals surface area contributed by atoms with Crippen molar-refractivity contribution in [3.63, 3.8) is 0 Å². The van der Waals surface area contributed by atoms with E-state index in [-0.39, 0.29) is 40.9 Å². The van der Waals surface area contributed by atoms with Crippen LogP contribution in [0.2, 0.25) is 5.04 Å². The van der Waals surface area contributed by atoms with Gasteiger partial charge in [0.25, 0.3) is 8.32 Å². The fraction of sp³-hybridized carbons (Fsp3) is 0.385. The molecule has 0 aliphatic heterocycles. The molecule has 0 fully saturated rings. The Balaban J connectivity index is 0.00000980. The first-order valence-electron chi connectivity index (χ1n) is 21.9. The van der Waals surface area contributed by atoms with Gasteiger partial charge in [0, 0.05) is 0 Å². The van der Waals surface area contributed by atoms with E-state index in [1.54, 1.807) is 77.9 Å². The molecule has 0 bridgehead atoms. The molecule has 0 unspecified atom stereocenters. The number of alkyl carbamates (subject to hydrolysis) is 1. The number of hydrogen-bond acceptors (Lipinski definition) is 4. The summed E-state index contributed by atoms with van der Waals surface area (Å²) in [6, 6.07) is 37.5. The quantitative estimate of drug-likeness (QED) is 0.0668. The van der Waals surface area contributed by atoms with Crippen LogP contribution in [-0.2, 0) is 32.5 Å². The number of ether oxygens (including phenoxy) is 1. The van der Waals surface area contributed by atoms with Gasteiger partial charge in [0.1, 0.15) is 11.6 Å². The van der Waals surface area contributed by atoms with Crippen molar-refractivity contribution in [2.45, 2.75) is 117 Å². The second-order valence-corrected chi connectivity index (χ2v) is 27.8. The van der Waals surface area contributed by atoms with E-state index in [9.17, 15) is 31.1 Å². The Bertz CT molecular complexity index is 2280. The number of carbonyl (C=O) groups excluding carboxylic acids is 2. The first-order valence-corrected chi connectivity index (χ1v) is 26.0. The first-order chi connectivity index (χ1) is 30.6. The van der Waals surface area contributed by atoms with Crippen LogP contribution < -0.4 is 48.6 Å². The van der Waals surface area contributed by atoms with E-state index in [4.69, 9.17) is 9.16 Å². The van der Waals surface area contributed by atoms with Crippen molar-refractivity contribution in [3.05, 3.63) is 156 Å². The van der Waals surface area contributed by atoms with Crippen LogP contribution in [0.3, 0.4) is 0 Å². The molecule has 5 rings (SSSR count).